The van der Waals surface area contributed by atoms with Crippen molar-refractivity contribution in [2.75, 3.05) is 24.1 Å². The summed E-state index contributed by atoms with van der Waals surface area (Å²) in [7, 11) is 0. The summed E-state index contributed by atoms with van der Waals surface area (Å²) in [5, 5.41) is 2.98. The second-order valence-electron chi connectivity index (χ2n) is 6.39. The number of benzene rings is 1. The van der Waals surface area contributed by atoms with E-state index in [1.807, 2.05) is 25.1 Å². The highest BCUT2D eigenvalue weighted by Gasteiger charge is 2.22. The van der Waals surface area contributed by atoms with Gasteiger partial charge in [0, 0.05) is 30.4 Å². The molecule has 3 N–H and O–H groups in total. The van der Waals surface area contributed by atoms with Crippen LogP contribution in [-0.2, 0) is 4.79 Å². The Balaban J connectivity index is 1.82. The largest absolute Gasteiger partial charge is 0.399 e. The van der Waals surface area contributed by atoms with Gasteiger partial charge in [0.1, 0.15) is 0 Å². The van der Waals surface area contributed by atoms with Crippen molar-refractivity contribution in [2.24, 2.45) is 5.92 Å². The minimum atomic E-state index is 0.0775. The second kappa shape index (κ2) is 6.94. The quantitative estimate of drug-likeness (QED) is 0.838. The molecule has 0 aliphatic carbocycles. The van der Waals surface area contributed by atoms with Gasteiger partial charge in [0.2, 0.25) is 5.91 Å². The number of nitrogen functional groups attached to an aromatic ring is 1. The van der Waals surface area contributed by atoms with Crippen LogP contribution >= 0.6 is 0 Å². The van der Waals surface area contributed by atoms with Gasteiger partial charge in [-0.05, 0) is 62.9 Å². The van der Waals surface area contributed by atoms with E-state index in [4.69, 9.17) is 5.73 Å². The van der Waals surface area contributed by atoms with Gasteiger partial charge in [-0.1, -0.05) is 6.92 Å². The zero-order chi connectivity index (χ0) is 15.4. The maximum absolute atomic E-state index is 12.1. The number of amides is 1. The predicted molar refractivity (Wildman–Crippen MR) is 88.3 cm³/mol. The normalized spacial score (nSPS) is 23.0. The Morgan fingerprint density at radius 3 is 2.86 bits per heavy atom. The summed E-state index contributed by atoms with van der Waals surface area (Å²) in [6, 6.07) is 6.15. The fourth-order valence-corrected chi connectivity index (χ4v) is 3.07. The number of rotatable bonds is 4. The van der Waals surface area contributed by atoms with Gasteiger partial charge in [-0.15, -0.1) is 0 Å². The van der Waals surface area contributed by atoms with E-state index < -0.39 is 0 Å². The number of hydrogen-bond acceptors (Lipinski definition) is 3. The summed E-state index contributed by atoms with van der Waals surface area (Å²) in [5.41, 5.74) is 8.30. The second-order valence-corrected chi connectivity index (χ2v) is 6.39. The van der Waals surface area contributed by atoms with E-state index >= 15 is 0 Å². The van der Waals surface area contributed by atoms with Gasteiger partial charge in [0.05, 0.1) is 0 Å². The zero-order valence-corrected chi connectivity index (χ0v) is 13.4. The third-order valence-electron chi connectivity index (χ3n) is 4.43. The Bertz CT molecular complexity index is 501. The first-order valence-corrected chi connectivity index (χ1v) is 7.85. The molecule has 1 aliphatic rings. The lowest BCUT2D eigenvalue weighted by atomic mass is 9.93. The van der Waals surface area contributed by atoms with Gasteiger partial charge in [0.15, 0.2) is 0 Å². The molecule has 116 valence electrons. The minimum Gasteiger partial charge on any atom is -0.399 e. The molecule has 1 amide bonds. The first-order chi connectivity index (χ1) is 9.95. The molecule has 0 aromatic heterocycles. The summed E-state index contributed by atoms with van der Waals surface area (Å²) in [4.78, 5) is 14.5. The molecule has 2 rings (SSSR count). The van der Waals surface area contributed by atoms with Gasteiger partial charge >= 0.3 is 0 Å². The SMILES string of the molecule is Cc1cc(N)ccc1NC(=O)CCN1CCC(C)CC1C. The summed E-state index contributed by atoms with van der Waals surface area (Å²) in [6.07, 6.45) is 3.02. The van der Waals surface area contributed by atoms with Crippen molar-refractivity contribution in [3.8, 4) is 0 Å². The van der Waals surface area contributed by atoms with Gasteiger partial charge in [0.25, 0.3) is 0 Å². The van der Waals surface area contributed by atoms with Crippen molar-refractivity contribution in [1.29, 1.82) is 0 Å². The van der Waals surface area contributed by atoms with Gasteiger partial charge in [-0.25, -0.2) is 0 Å². The van der Waals surface area contributed by atoms with E-state index in [-0.39, 0.29) is 5.91 Å². The molecule has 1 aromatic carbocycles. The van der Waals surface area contributed by atoms with Crippen LogP contribution < -0.4 is 11.1 Å². The Kier molecular flexibility index (Phi) is 5.23. The Labute approximate surface area is 127 Å². The fraction of sp³-hybridized carbons (Fsp3) is 0.588. The molecule has 1 aliphatic heterocycles. The number of likely N-dealkylation sites (tertiary alicyclic amines) is 1. The molecule has 0 spiro atoms. The van der Waals surface area contributed by atoms with Crippen LogP contribution in [0.2, 0.25) is 0 Å². The monoisotopic (exact) mass is 289 g/mol. The first kappa shape index (κ1) is 15.8. The van der Waals surface area contributed by atoms with Crippen LogP contribution in [0.15, 0.2) is 18.2 Å². The number of carbonyl (C=O) groups excluding carboxylic acids is 1. The van der Waals surface area contributed by atoms with E-state index in [1.165, 1.54) is 12.8 Å². The minimum absolute atomic E-state index is 0.0775. The predicted octanol–water partition coefficient (Wildman–Crippen LogP) is 3.03. The lowest BCUT2D eigenvalue weighted by molar-refractivity contribution is -0.116. The van der Waals surface area contributed by atoms with Crippen LogP contribution in [0.25, 0.3) is 0 Å². The molecule has 2 atom stereocenters. The summed E-state index contributed by atoms with van der Waals surface area (Å²) < 4.78 is 0. The van der Waals surface area contributed by atoms with Crippen LogP contribution in [0, 0.1) is 12.8 Å². The number of hydrogen-bond donors (Lipinski definition) is 2. The summed E-state index contributed by atoms with van der Waals surface area (Å²) in [5.74, 6) is 0.885. The smallest absolute Gasteiger partial charge is 0.225 e. The van der Waals surface area contributed by atoms with E-state index in [2.05, 4.69) is 24.1 Å². The number of anilines is 2. The van der Waals surface area contributed by atoms with E-state index in [0.717, 1.165) is 35.9 Å². The molecule has 1 saturated heterocycles. The van der Waals surface area contributed by atoms with Crippen LogP contribution in [0.4, 0.5) is 11.4 Å². The highest BCUT2D eigenvalue weighted by atomic mass is 16.1. The van der Waals surface area contributed by atoms with Crippen molar-refractivity contribution in [2.45, 2.75) is 46.1 Å². The highest BCUT2D eigenvalue weighted by molar-refractivity contribution is 5.91. The Hall–Kier alpha value is -1.55. The van der Waals surface area contributed by atoms with Crippen molar-refractivity contribution in [1.82, 2.24) is 4.90 Å². The lowest BCUT2D eigenvalue weighted by Gasteiger charge is -2.36. The molecule has 1 heterocycles. The zero-order valence-electron chi connectivity index (χ0n) is 13.4. The van der Waals surface area contributed by atoms with Crippen LogP contribution in [0.1, 0.15) is 38.7 Å². The first-order valence-electron chi connectivity index (χ1n) is 7.85. The lowest BCUT2D eigenvalue weighted by Crippen LogP contribution is -2.41. The van der Waals surface area contributed by atoms with Crippen molar-refractivity contribution < 1.29 is 4.79 Å². The van der Waals surface area contributed by atoms with E-state index in [9.17, 15) is 4.79 Å². The number of piperidine rings is 1. The van der Waals surface area contributed by atoms with Crippen LogP contribution in [0.3, 0.4) is 0 Å². The van der Waals surface area contributed by atoms with Gasteiger partial charge in [-0.3, -0.25) is 4.79 Å². The maximum atomic E-state index is 12.1. The molecule has 1 aromatic rings. The van der Waals surface area contributed by atoms with Crippen molar-refractivity contribution in [3.63, 3.8) is 0 Å². The molecule has 0 radical (unpaired) electrons. The molecule has 4 nitrogen and oxygen atoms in total. The Morgan fingerprint density at radius 2 is 2.19 bits per heavy atom. The third kappa shape index (κ3) is 4.46. The van der Waals surface area contributed by atoms with Crippen molar-refractivity contribution >= 4 is 17.3 Å². The highest BCUT2D eigenvalue weighted by Crippen LogP contribution is 2.22. The third-order valence-corrected chi connectivity index (χ3v) is 4.43. The summed E-state index contributed by atoms with van der Waals surface area (Å²) in [6.45, 7) is 8.48. The van der Waals surface area contributed by atoms with E-state index in [0.29, 0.717) is 12.5 Å². The van der Waals surface area contributed by atoms with Gasteiger partial charge < -0.3 is 16.0 Å². The van der Waals surface area contributed by atoms with Gasteiger partial charge in [-0.2, -0.15) is 0 Å². The van der Waals surface area contributed by atoms with Crippen LogP contribution in [0.5, 0.6) is 0 Å². The number of nitrogens with two attached hydrogens (primary N) is 1. The molecule has 1 fully saturated rings. The fourth-order valence-electron chi connectivity index (χ4n) is 3.07. The standard InChI is InChI=1S/C17H27N3O/c1-12-6-8-20(14(3)10-12)9-7-17(21)19-16-5-4-15(18)11-13(16)2/h4-5,11-12,14H,6-10,18H2,1-3H3,(H,19,21). The Morgan fingerprint density at radius 1 is 1.43 bits per heavy atom. The molecular formula is C17H27N3O. The van der Waals surface area contributed by atoms with E-state index in [1.54, 1.807) is 0 Å². The number of nitrogens with one attached hydrogen (secondary N) is 1. The average molecular weight is 289 g/mol. The topological polar surface area (TPSA) is 58.4 Å². The maximum Gasteiger partial charge on any atom is 0.225 e. The number of aryl methyl sites for hydroxylation is 1. The number of carbonyl (C=O) groups is 1. The molecule has 2 unspecified atom stereocenters. The molecule has 21 heavy (non-hydrogen) atoms. The average Bonchev–Trinajstić information content (AvgIpc) is 2.41. The van der Waals surface area contributed by atoms with Crippen LogP contribution in [-0.4, -0.2) is 29.9 Å². The molecule has 4 heteroatoms. The molecule has 0 bridgehead atoms. The molecule has 0 saturated carbocycles. The molecular weight excluding hydrogens is 262 g/mol. The number of nitrogens with zero attached hydrogens (tertiary/aromatic N) is 1. The van der Waals surface area contributed by atoms with Crippen molar-refractivity contribution in [3.05, 3.63) is 23.8 Å². The summed E-state index contributed by atoms with van der Waals surface area (Å²) >= 11 is 0.